The highest BCUT2D eigenvalue weighted by atomic mass is 16.5. The van der Waals surface area contributed by atoms with Crippen molar-refractivity contribution < 1.29 is 4.74 Å². The molecule has 0 bridgehead atoms. The van der Waals surface area contributed by atoms with Crippen molar-refractivity contribution in [2.45, 2.75) is 84.2 Å². The van der Waals surface area contributed by atoms with E-state index in [2.05, 4.69) is 26.0 Å². The number of ether oxygens (including phenoxy) is 1. The molecule has 0 saturated heterocycles. The molecule has 0 N–H and O–H groups in total. The molecule has 0 aromatic heterocycles. The average molecular weight is 278 g/mol. The lowest BCUT2D eigenvalue weighted by molar-refractivity contribution is 0.0142. The maximum absolute atomic E-state index is 5.78. The number of rotatable bonds is 6. The first-order valence-corrected chi connectivity index (χ1v) is 9.11. The summed E-state index contributed by atoms with van der Waals surface area (Å²) in [5.41, 5.74) is 0. The SMILES string of the molecule is CCCC=C[C@H]1CC[C@H]([C@H]2CC[C@H](OCC)CC2)CC1. The molecule has 0 unspecified atom stereocenters. The Hall–Kier alpha value is -0.300. The Morgan fingerprint density at radius 2 is 1.45 bits per heavy atom. The van der Waals surface area contributed by atoms with Crippen LogP contribution in [0.4, 0.5) is 0 Å². The van der Waals surface area contributed by atoms with E-state index in [-0.39, 0.29) is 0 Å². The lowest BCUT2D eigenvalue weighted by atomic mass is 9.70. The van der Waals surface area contributed by atoms with Crippen LogP contribution in [0.15, 0.2) is 12.2 Å². The van der Waals surface area contributed by atoms with Gasteiger partial charge in [0.1, 0.15) is 0 Å². The molecule has 0 aromatic carbocycles. The van der Waals surface area contributed by atoms with E-state index in [4.69, 9.17) is 4.74 Å². The summed E-state index contributed by atoms with van der Waals surface area (Å²) < 4.78 is 5.78. The van der Waals surface area contributed by atoms with E-state index in [0.29, 0.717) is 6.10 Å². The fourth-order valence-corrected chi connectivity index (χ4v) is 4.23. The molecule has 0 aliphatic heterocycles. The van der Waals surface area contributed by atoms with E-state index in [1.165, 1.54) is 64.2 Å². The summed E-state index contributed by atoms with van der Waals surface area (Å²) in [4.78, 5) is 0. The molecule has 2 fully saturated rings. The molecular formula is C19H34O. The van der Waals surface area contributed by atoms with Gasteiger partial charge in [-0.15, -0.1) is 0 Å². The molecule has 1 heteroatoms. The Labute approximate surface area is 126 Å². The average Bonchev–Trinajstić information content (AvgIpc) is 2.49. The van der Waals surface area contributed by atoms with Gasteiger partial charge in [-0.2, -0.15) is 0 Å². The predicted molar refractivity (Wildman–Crippen MR) is 86.9 cm³/mol. The molecule has 2 aliphatic carbocycles. The first-order chi connectivity index (χ1) is 9.83. The van der Waals surface area contributed by atoms with Crippen molar-refractivity contribution in [1.82, 2.24) is 0 Å². The minimum atomic E-state index is 0.574. The molecule has 2 saturated carbocycles. The predicted octanol–water partition coefficient (Wildman–Crippen LogP) is 5.74. The summed E-state index contributed by atoms with van der Waals surface area (Å²) in [5, 5.41) is 0. The number of hydrogen-bond donors (Lipinski definition) is 0. The fraction of sp³-hybridized carbons (Fsp3) is 0.895. The van der Waals surface area contributed by atoms with Crippen LogP contribution in [0.3, 0.4) is 0 Å². The molecule has 0 amide bonds. The maximum Gasteiger partial charge on any atom is 0.0575 e. The Kier molecular flexibility index (Phi) is 7.13. The van der Waals surface area contributed by atoms with Crippen LogP contribution < -0.4 is 0 Å². The zero-order valence-electron chi connectivity index (χ0n) is 13.7. The molecule has 20 heavy (non-hydrogen) atoms. The minimum Gasteiger partial charge on any atom is -0.379 e. The summed E-state index contributed by atoms with van der Waals surface area (Å²) >= 11 is 0. The zero-order valence-corrected chi connectivity index (χ0v) is 13.7. The Balaban J connectivity index is 1.67. The van der Waals surface area contributed by atoms with Gasteiger partial charge in [0.25, 0.3) is 0 Å². The molecule has 1 nitrogen and oxygen atoms in total. The maximum atomic E-state index is 5.78. The standard InChI is InChI=1S/C19H34O/c1-3-5-6-7-16-8-10-17(11-9-16)18-12-14-19(15-13-18)20-4-2/h6-7,16-19H,3-5,8-15H2,1-2H3/t16-,17-,18-,19-. The molecule has 0 radical (unpaired) electrons. The van der Waals surface area contributed by atoms with Gasteiger partial charge in [0.15, 0.2) is 0 Å². The van der Waals surface area contributed by atoms with Crippen LogP contribution in [-0.4, -0.2) is 12.7 Å². The quantitative estimate of drug-likeness (QED) is 0.562. The monoisotopic (exact) mass is 278 g/mol. The lowest BCUT2D eigenvalue weighted by Gasteiger charge is -2.37. The van der Waals surface area contributed by atoms with Gasteiger partial charge in [0.05, 0.1) is 6.10 Å². The first kappa shape index (κ1) is 16.1. The Morgan fingerprint density at radius 1 is 0.850 bits per heavy atom. The highest BCUT2D eigenvalue weighted by molar-refractivity contribution is 4.92. The molecule has 0 atom stereocenters. The van der Waals surface area contributed by atoms with Crippen molar-refractivity contribution >= 4 is 0 Å². The molecule has 0 aromatic rings. The van der Waals surface area contributed by atoms with Gasteiger partial charge in [0.2, 0.25) is 0 Å². The summed E-state index contributed by atoms with van der Waals surface area (Å²) in [6.07, 6.45) is 19.4. The normalized spacial score (nSPS) is 35.5. The van der Waals surface area contributed by atoms with E-state index in [9.17, 15) is 0 Å². The van der Waals surface area contributed by atoms with Gasteiger partial charge in [-0.05, 0) is 82.5 Å². The van der Waals surface area contributed by atoms with Crippen LogP contribution >= 0.6 is 0 Å². The van der Waals surface area contributed by atoms with E-state index < -0.39 is 0 Å². The van der Waals surface area contributed by atoms with Crippen molar-refractivity contribution in [2.75, 3.05) is 6.61 Å². The van der Waals surface area contributed by atoms with Crippen LogP contribution in [0.5, 0.6) is 0 Å². The van der Waals surface area contributed by atoms with Gasteiger partial charge >= 0.3 is 0 Å². The second kappa shape index (κ2) is 8.87. The molecule has 0 heterocycles. The Bertz CT molecular complexity index is 267. The summed E-state index contributed by atoms with van der Waals surface area (Å²) in [7, 11) is 0. The van der Waals surface area contributed by atoms with E-state index in [0.717, 1.165) is 24.4 Å². The van der Waals surface area contributed by atoms with E-state index in [1.54, 1.807) is 0 Å². The van der Waals surface area contributed by atoms with Crippen molar-refractivity contribution in [3.63, 3.8) is 0 Å². The Morgan fingerprint density at radius 3 is 2.00 bits per heavy atom. The molecule has 0 spiro atoms. The third-order valence-corrected chi connectivity index (χ3v) is 5.47. The van der Waals surface area contributed by atoms with E-state index >= 15 is 0 Å². The number of hydrogen-bond acceptors (Lipinski definition) is 1. The summed E-state index contributed by atoms with van der Waals surface area (Å²) in [5.74, 6) is 2.92. The number of allylic oxidation sites excluding steroid dienone is 2. The fourth-order valence-electron chi connectivity index (χ4n) is 4.23. The minimum absolute atomic E-state index is 0.574. The second-order valence-electron chi connectivity index (χ2n) is 6.88. The van der Waals surface area contributed by atoms with Crippen LogP contribution in [0.1, 0.15) is 78.1 Å². The third kappa shape index (κ3) is 4.91. The van der Waals surface area contributed by atoms with Crippen molar-refractivity contribution in [1.29, 1.82) is 0 Å². The van der Waals surface area contributed by atoms with Crippen molar-refractivity contribution in [2.24, 2.45) is 17.8 Å². The summed E-state index contributed by atoms with van der Waals surface area (Å²) in [6, 6.07) is 0. The highest BCUT2D eigenvalue weighted by Crippen LogP contribution is 2.40. The van der Waals surface area contributed by atoms with Crippen LogP contribution in [-0.2, 0) is 4.74 Å². The zero-order chi connectivity index (χ0) is 14.2. The van der Waals surface area contributed by atoms with Gasteiger partial charge in [0, 0.05) is 6.61 Å². The molecule has 2 aliphatic rings. The smallest absolute Gasteiger partial charge is 0.0575 e. The van der Waals surface area contributed by atoms with Crippen LogP contribution in [0, 0.1) is 17.8 Å². The second-order valence-corrected chi connectivity index (χ2v) is 6.88. The topological polar surface area (TPSA) is 9.23 Å². The van der Waals surface area contributed by atoms with Gasteiger partial charge < -0.3 is 4.74 Å². The number of unbranched alkanes of at least 4 members (excludes halogenated alkanes) is 1. The van der Waals surface area contributed by atoms with Gasteiger partial charge in [-0.25, -0.2) is 0 Å². The lowest BCUT2D eigenvalue weighted by Crippen LogP contribution is -2.28. The van der Waals surface area contributed by atoms with Crippen LogP contribution in [0.2, 0.25) is 0 Å². The first-order valence-electron chi connectivity index (χ1n) is 9.11. The van der Waals surface area contributed by atoms with Gasteiger partial charge in [-0.1, -0.05) is 25.5 Å². The van der Waals surface area contributed by atoms with Crippen molar-refractivity contribution in [3.05, 3.63) is 12.2 Å². The molecule has 2 rings (SSSR count). The molecule has 116 valence electrons. The van der Waals surface area contributed by atoms with Crippen molar-refractivity contribution in [3.8, 4) is 0 Å². The highest BCUT2D eigenvalue weighted by Gasteiger charge is 2.30. The molecular weight excluding hydrogens is 244 g/mol. The van der Waals surface area contributed by atoms with Crippen LogP contribution in [0.25, 0.3) is 0 Å². The van der Waals surface area contributed by atoms with Gasteiger partial charge in [-0.3, -0.25) is 0 Å². The largest absolute Gasteiger partial charge is 0.379 e. The summed E-state index contributed by atoms with van der Waals surface area (Å²) in [6.45, 7) is 5.28. The van der Waals surface area contributed by atoms with E-state index in [1.807, 2.05) is 0 Å². The third-order valence-electron chi connectivity index (χ3n) is 5.47.